The van der Waals surface area contributed by atoms with Gasteiger partial charge in [-0.3, -0.25) is 0 Å². The van der Waals surface area contributed by atoms with Gasteiger partial charge in [-0.15, -0.1) is 0 Å². The lowest BCUT2D eigenvalue weighted by Gasteiger charge is -2.36. The molecule has 0 bridgehead atoms. The molecular formula is C25H26N4. The first-order chi connectivity index (χ1) is 14.2. The average molecular weight is 383 g/mol. The van der Waals surface area contributed by atoms with Crippen LogP contribution in [0.5, 0.6) is 0 Å². The maximum atomic E-state index is 5.05. The van der Waals surface area contributed by atoms with E-state index in [9.17, 15) is 0 Å². The molecule has 29 heavy (non-hydrogen) atoms. The standard InChI is InChI=1S/C25H26N4/c1-18-13-19(2)17-28(16-18)24-14-23(21-11-7-4-8-12-21)27-25-22(15-26-29(24)25)20-9-5-3-6-10-20/h3-12,14-15,18-19H,13,16-17H2,1-2H3/t18-,19+. The Kier molecular flexibility index (Phi) is 4.55. The fourth-order valence-corrected chi connectivity index (χ4v) is 4.60. The second kappa shape index (κ2) is 7.36. The average Bonchev–Trinajstić information content (AvgIpc) is 3.17. The Hall–Kier alpha value is -3.14. The summed E-state index contributed by atoms with van der Waals surface area (Å²) in [5.74, 6) is 2.48. The third-order valence-electron chi connectivity index (χ3n) is 5.80. The van der Waals surface area contributed by atoms with Crippen molar-refractivity contribution in [3.8, 4) is 22.4 Å². The van der Waals surface area contributed by atoms with Crippen LogP contribution in [-0.2, 0) is 0 Å². The molecule has 4 nitrogen and oxygen atoms in total. The predicted octanol–water partition coefficient (Wildman–Crippen LogP) is 5.55. The molecule has 0 spiro atoms. The van der Waals surface area contributed by atoms with Crippen LogP contribution < -0.4 is 4.90 Å². The summed E-state index contributed by atoms with van der Waals surface area (Å²) in [5, 5.41) is 4.77. The van der Waals surface area contributed by atoms with E-state index in [1.165, 1.54) is 6.42 Å². The Balaban J connectivity index is 1.72. The Morgan fingerprint density at radius 1 is 0.828 bits per heavy atom. The summed E-state index contributed by atoms with van der Waals surface area (Å²) < 4.78 is 2.03. The van der Waals surface area contributed by atoms with Crippen LogP contribution in [0.15, 0.2) is 72.9 Å². The number of piperidine rings is 1. The number of benzene rings is 2. The van der Waals surface area contributed by atoms with Crippen LogP contribution >= 0.6 is 0 Å². The molecule has 1 saturated heterocycles. The zero-order valence-electron chi connectivity index (χ0n) is 17.0. The number of aromatic nitrogens is 3. The number of anilines is 1. The van der Waals surface area contributed by atoms with Gasteiger partial charge in [0.1, 0.15) is 5.82 Å². The lowest BCUT2D eigenvalue weighted by molar-refractivity contribution is 0.354. The normalized spacial score (nSPS) is 19.6. The molecule has 0 radical (unpaired) electrons. The molecule has 2 atom stereocenters. The molecule has 3 heterocycles. The fraction of sp³-hybridized carbons (Fsp3) is 0.280. The molecule has 1 aliphatic rings. The lowest BCUT2D eigenvalue weighted by Crippen LogP contribution is -2.39. The summed E-state index contributed by atoms with van der Waals surface area (Å²) in [4.78, 5) is 7.54. The topological polar surface area (TPSA) is 33.4 Å². The van der Waals surface area contributed by atoms with Crippen LogP contribution in [0.4, 0.5) is 5.82 Å². The number of hydrogen-bond donors (Lipinski definition) is 0. The van der Waals surface area contributed by atoms with Gasteiger partial charge in [-0.05, 0) is 23.8 Å². The van der Waals surface area contributed by atoms with E-state index in [1.54, 1.807) is 0 Å². The number of nitrogens with zero attached hydrogens (tertiary/aromatic N) is 4. The Morgan fingerprint density at radius 3 is 2.10 bits per heavy atom. The molecule has 0 saturated carbocycles. The SMILES string of the molecule is C[C@@H]1C[C@H](C)CN(c2cc(-c3ccccc3)nc3c(-c4ccccc4)cnn23)C1. The number of rotatable bonds is 3. The van der Waals surface area contributed by atoms with Gasteiger partial charge in [0.2, 0.25) is 0 Å². The van der Waals surface area contributed by atoms with E-state index in [-0.39, 0.29) is 0 Å². The van der Waals surface area contributed by atoms with Crippen molar-refractivity contribution in [3.05, 3.63) is 72.9 Å². The second-order valence-corrected chi connectivity index (χ2v) is 8.38. The third kappa shape index (κ3) is 3.39. The minimum atomic E-state index is 0.672. The van der Waals surface area contributed by atoms with Gasteiger partial charge in [0.15, 0.2) is 5.65 Å². The minimum absolute atomic E-state index is 0.672. The van der Waals surface area contributed by atoms with E-state index < -0.39 is 0 Å². The van der Waals surface area contributed by atoms with E-state index in [2.05, 4.69) is 73.3 Å². The fourth-order valence-electron chi connectivity index (χ4n) is 4.60. The molecule has 4 heteroatoms. The van der Waals surface area contributed by atoms with Gasteiger partial charge in [-0.1, -0.05) is 74.5 Å². The summed E-state index contributed by atoms with van der Waals surface area (Å²) >= 11 is 0. The van der Waals surface area contributed by atoms with E-state index in [0.717, 1.165) is 46.9 Å². The molecule has 146 valence electrons. The highest BCUT2D eigenvalue weighted by molar-refractivity contribution is 5.80. The van der Waals surface area contributed by atoms with E-state index in [0.29, 0.717) is 11.8 Å². The first-order valence-electron chi connectivity index (χ1n) is 10.4. The maximum Gasteiger partial charge on any atom is 0.165 e. The summed E-state index contributed by atoms with van der Waals surface area (Å²) in [6.07, 6.45) is 3.23. The van der Waals surface area contributed by atoms with Gasteiger partial charge >= 0.3 is 0 Å². The predicted molar refractivity (Wildman–Crippen MR) is 119 cm³/mol. The van der Waals surface area contributed by atoms with Crippen molar-refractivity contribution in [2.24, 2.45) is 11.8 Å². The molecule has 4 aromatic rings. The maximum absolute atomic E-state index is 5.05. The second-order valence-electron chi connectivity index (χ2n) is 8.38. The zero-order chi connectivity index (χ0) is 19.8. The van der Waals surface area contributed by atoms with Gasteiger partial charge in [-0.25, -0.2) is 4.98 Å². The van der Waals surface area contributed by atoms with Crippen molar-refractivity contribution in [3.63, 3.8) is 0 Å². The van der Waals surface area contributed by atoms with Gasteiger partial charge < -0.3 is 4.90 Å². The highest BCUT2D eigenvalue weighted by Gasteiger charge is 2.25. The highest BCUT2D eigenvalue weighted by Crippen LogP contribution is 2.32. The molecule has 0 aliphatic carbocycles. The summed E-state index contributed by atoms with van der Waals surface area (Å²) in [7, 11) is 0. The monoisotopic (exact) mass is 382 g/mol. The van der Waals surface area contributed by atoms with E-state index >= 15 is 0 Å². The van der Waals surface area contributed by atoms with Crippen molar-refractivity contribution >= 4 is 11.5 Å². The van der Waals surface area contributed by atoms with Crippen molar-refractivity contribution in [1.29, 1.82) is 0 Å². The van der Waals surface area contributed by atoms with Crippen LogP contribution in [0.3, 0.4) is 0 Å². The highest BCUT2D eigenvalue weighted by atomic mass is 15.3. The van der Waals surface area contributed by atoms with Gasteiger partial charge in [0, 0.05) is 30.3 Å². The van der Waals surface area contributed by atoms with Crippen molar-refractivity contribution in [2.75, 3.05) is 18.0 Å². The summed E-state index contributed by atoms with van der Waals surface area (Å²) in [6.45, 7) is 6.80. The Morgan fingerprint density at radius 2 is 1.45 bits per heavy atom. The quantitative estimate of drug-likeness (QED) is 0.466. The van der Waals surface area contributed by atoms with E-state index in [1.807, 2.05) is 22.8 Å². The van der Waals surface area contributed by atoms with Crippen LogP contribution in [-0.4, -0.2) is 27.7 Å². The minimum Gasteiger partial charge on any atom is -0.356 e. The Labute approximate surface area is 171 Å². The largest absolute Gasteiger partial charge is 0.356 e. The number of fused-ring (bicyclic) bond motifs is 1. The molecule has 0 unspecified atom stereocenters. The summed E-state index contributed by atoms with van der Waals surface area (Å²) in [5.41, 5.74) is 5.26. The first-order valence-corrected chi connectivity index (χ1v) is 10.4. The third-order valence-corrected chi connectivity index (χ3v) is 5.80. The number of hydrogen-bond acceptors (Lipinski definition) is 3. The van der Waals surface area contributed by atoms with Gasteiger partial charge in [0.05, 0.1) is 11.9 Å². The van der Waals surface area contributed by atoms with Crippen molar-refractivity contribution < 1.29 is 0 Å². The molecular weight excluding hydrogens is 356 g/mol. The van der Waals surface area contributed by atoms with E-state index in [4.69, 9.17) is 10.1 Å². The molecule has 0 amide bonds. The molecule has 2 aromatic heterocycles. The van der Waals surface area contributed by atoms with Crippen LogP contribution in [0.2, 0.25) is 0 Å². The smallest absolute Gasteiger partial charge is 0.165 e. The molecule has 2 aromatic carbocycles. The molecule has 1 aliphatic heterocycles. The Bertz CT molecular complexity index is 1110. The lowest BCUT2D eigenvalue weighted by atomic mass is 9.92. The van der Waals surface area contributed by atoms with Gasteiger partial charge in [-0.2, -0.15) is 9.61 Å². The van der Waals surface area contributed by atoms with Crippen LogP contribution in [0.1, 0.15) is 20.3 Å². The summed E-state index contributed by atoms with van der Waals surface area (Å²) in [6, 6.07) is 23.1. The molecule has 5 rings (SSSR count). The zero-order valence-corrected chi connectivity index (χ0v) is 17.0. The molecule has 0 N–H and O–H groups in total. The van der Waals surface area contributed by atoms with Crippen molar-refractivity contribution in [1.82, 2.24) is 14.6 Å². The van der Waals surface area contributed by atoms with Crippen LogP contribution in [0, 0.1) is 11.8 Å². The van der Waals surface area contributed by atoms with Gasteiger partial charge in [0.25, 0.3) is 0 Å². The van der Waals surface area contributed by atoms with Crippen LogP contribution in [0.25, 0.3) is 28.0 Å². The van der Waals surface area contributed by atoms with Crippen molar-refractivity contribution in [2.45, 2.75) is 20.3 Å². The first kappa shape index (κ1) is 17.9. The molecule has 1 fully saturated rings.